The number of nitrogens with one attached hydrogen (secondary N) is 1. The van der Waals surface area contributed by atoms with E-state index in [2.05, 4.69) is 5.32 Å². The molecule has 0 aliphatic rings. The van der Waals surface area contributed by atoms with Crippen LogP contribution < -0.4 is 14.8 Å². The Morgan fingerprint density at radius 1 is 1.12 bits per heavy atom. The number of hydrogen-bond donors (Lipinski definition) is 2. The van der Waals surface area contributed by atoms with E-state index in [1.807, 2.05) is 19.9 Å². The van der Waals surface area contributed by atoms with Crippen LogP contribution in [0.25, 0.3) is 0 Å². The van der Waals surface area contributed by atoms with Crippen LogP contribution in [0.15, 0.2) is 18.2 Å². The number of carboxylic acids is 1. The van der Waals surface area contributed by atoms with Crippen molar-refractivity contribution in [2.45, 2.75) is 53.0 Å². The summed E-state index contributed by atoms with van der Waals surface area (Å²) in [5, 5.41) is 11.9. The number of carboxylic acid groups (broad SMARTS) is 1. The van der Waals surface area contributed by atoms with Crippen LogP contribution in [0.5, 0.6) is 11.5 Å². The van der Waals surface area contributed by atoms with Gasteiger partial charge >= 0.3 is 5.97 Å². The lowest BCUT2D eigenvalue weighted by molar-refractivity contribution is -0.142. The van der Waals surface area contributed by atoms with E-state index in [1.165, 1.54) is 0 Å². The molecule has 2 unspecified atom stereocenters. The SMILES string of the molecule is CCOc1ccc(C(C)(C)C(=O)NC(C)C(C)C(=O)O)cc1OCC. The average molecular weight is 351 g/mol. The lowest BCUT2D eigenvalue weighted by Gasteiger charge is -2.28. The smallest absolute Gasteiger partial charge is 0.308 e. The highest BCUT2D eigenvalue weighted by molar-refractivity contribution is 5.88. The number of carbonyl (C=O) groups excluding carboxylic acids is 1. The number of hydrogen-bond acceptors (Lipinski definition) is 4. The fourth-order valence-electron chi connectivity index (χ4n) is 2.30. The van der Waals surface area contributed by atoms with Gasteiger partial charge in [-0.15, -0.1) is 0 Å². The molecular weight excluding hydrogens is 322 g/mol. The van der Waals surface area contributed by atoms with Crippen molar-refractivity contribution in [2.24, 2.45) is 5.92 Å². The first-order chi connectivity index (χ1) is 11.6. The fraction of sp³-hybridized carbons (Fsp3) is 0.579. The lowest BCUT2D eigenvalue weighted by Crippen LogP contribution is -2.47. The summed E-state index contributed by atoms with van der Waals surface area (Å²) >= 11 is 0. The predicted octanol–water partition coefficient (Wildman–Crippen LogP) is 2.99. The summed E-state index contributed by atoms with van der Waals surface area (Å²) in [5.41, 5.74) is -0.0737. The average Bonchev–Trinajstić information content (AvgIpc) is 2.55. The van der Waals surface area contributed by atoms with Crippen molar-refractivity contribution in [3.05, 3.63) is 23.8 Å². The molecule has 2 N–H and O–H groups in total. The molecule has 0 saturated heterocycles. The van der Waals surface area contributed by atoms with E-state index in [0.29, 0.717) is 24.7 Å². The van der Waals surface area contributed by atoms with Gasteiger partial charge < -0.3 is 19.9 Å². The van der Waals surface area contributed by atoms with Crippen LogP contribution in [0.3, 0.4) is 0 Å². The largest absolute Gasteiger partial charge is 0.490 e. The molecular formula is C19H29NO5. The minimum absolute atomic E-state index is 0.236. The Morgan fingerprint density at radius 2 is 1.68 bits per heavy atom. The highest BCUT2D eigenvalue weighted by atomic mass is 16.5. The Labute approximate surface area is 149 Å². The van der Waals surface area contributed by atoms with Crippen molar-refractivity contribution in [1.82, 2.24) is 5.32 Å². The molecule has 0 aliphatic carbocycles. The van der Waals surface area contributed by atoms with Gasteiger partial charge in [-0.05, 0) is 59.2 Å². The normalized spacial score (nSPS) is 13.7. The highest BCUT2D eigenvalue weighted by Crippen LogP contribution is 2.34. The molecule has 0 radical (unpaired) electrons. The topological polar surface area (TPSA) is 84.9 Å². The molecule has 2 atom stereocenters. The zero-order chi connectivity index (χ0) is 19.2. The van der Waals surface area contributed by atoms with Crippen molar-refractivity contribution in [1.29, 1.82) is 0 Å². The first-order valence-electron chi connectivity index (χ1n) is 8.59. The van der Waals surface area contributed by atoms with Crippen molar-refractivity contribution in [2.75, 3.05) is 13.2 Å². The molecule has 0 heterocycles. The van der Waals surface area contributed by atoms with Gasteiger partial charge in [0, 0.05) is 6.04 Å². The number of ether oxygens (including phenoxy) is 2. The Balaban J connectivity index is 3.05. The number of rotatable bonds is 9. The number of aliphatic carboxylic acids is 1. The van der Waals surface area contributed by atoms with Crippen LogP contribution in [0.1, 0.15) is 47.1 Å². The molecule has 25 heavy (non-hydrogen) atoms. The van der Waals surface area contributed by atoms with E-state index >= 15 is 0 Å². The third kappa shape index (κ3) is 5.11. The van der Waals surface area contributed by atoms with Gasteiger partial charge in [0.2, 0.25) is 5.91 Å². The second-order valence-corrected chi connectivity index (χ2v) is 6.54. The van der Waals surface area contributed by atoms with E-state index < -0.39 is 23.3 Å². The molecule has 1 aromatic rings. The molecule has 0 fully saturated rings. The van der Waals surface area contributed by atoms with Crippen molar-refractivity contribution in [3.63, 3.8) is 0 Å². The molecule has 0 aromatic heterocycles. The standard InChI is InChI=1S/C19H29NO5/c1-7-24-15-10-9-14(11-16(15)25-8-2)19(5,6)18(23)20-13(4)12(3)17(21)22/h9-13H,7-8H2,1-6H3,(H,20,23)(H,21,22). The van der Waals surface area contributed by atoms with Crippen LogP contribution in [-0.2, 0) is 15.0 Å². The molecule has 0 saturated carbocycles. The van der Waals surface area contributed by atoms with Crippen molar-refractivity contribution >= 4 is 11.9 Å². The van der Waals surface area contributed by atoms with E-state index in [1.54, 1.807) is 39.8 Å². The highest BCUT2D eigenvalue weighted by Gasteiger charge is 2.33. The van der Waals surface area contributed by atoms with Crippen LogP contribution in [-0.4, -0.2) is 36.2 Å². The van der Waals surface area contributed by atoms with Gasteiger partial charge in [0.15, 0.2) is 11.5 Å². The van der Waals surface area contributed by atoms with Gasteiger partial charge in [-0.25, -0.2) is 0 Å². The van der Waals surface area contributed by atoms with Crippen LogP contribution in [0.2, 0.25) is 0 Å². The van der Waals surface area contributed by atoms with Crippen molar-refractivity contribution in [3.8, 4) is 11.5 Å². The van der Waals surface area contributed by atoms with Gasteiger partial charge in [-0.2, -0.15) is 0 Å². The van der Waals surface area contributed by atoms with Crippen LogP contribution in [0.4, 0.5) is 0 Å². The van der Waals surface area contributed by atoms with Gasteiger partial charge in [0.05, 0.1) is 24.5 Å². The molecule has 140 valence electrons. The number of amides is 1. The second kappa shape index (κ2) is 8.74. The summed E-state index contributed by atoms with van der Waals surface area (Å²) in [6.07, 6.45) is 0. The molecule has 0 aliphatic heterocycles. The molecule has 6 nitrogen and oxygen atoms in total. The monoisotopic (exact) mass is 351 g/mol. The zero-order valence-electron chi connectivity index (χ0n) is 15.9. The van der Waals surface area contributed by atoms with Crippen LogP contribution >= 0.6 is 0 Å². The Morgan fingerprint density at radius 3 is 2.20 bits per heavy atom. The summed E-state index contributed by atoms with van der Waals surface area (Å²) in [6.45, 7) is 11.6. The zero-order valence-corrected chi connectivity index (χ0v) is 15.9. The molecule has 1 rings (SSSR count). The summed E-state index contributed by atoms with van der Waals surface area (Å²) in [6, 6.07) is 4.96. The minimum atomic E-state index is -0.940. The quantitative estimate of drug-likeness (QED) is 0.714. The van der Waals surface area contributed by atoms with Gasteiger partial charge in [-0.3, -0.25) is 9.59 Å². The minimum Gasteiger partial charge on any atom is -0.490 e. The van der Waals surface area contributed by atoms with E-state index in [4.69, 9.17) is 14.6 Å². The maximum absolute atomic E-state index is 12.7. The van der Waals surface area contributed by atoms with E-state index in [-0.39, 0.29) is 5.91 Å². The second-order valence-electron chi connectivity index (χ2n) is 6.54. The summed E-state index contributed by atoms with van der Waals surface area (Å²) in [5.74, 6) is -0.615. The summed E-state index contributed by atoms with van der Waals surface area (Å²) in [7, 11) is 0. The first kappa shape index (κ1) is 20.8. The molecule has 0 bridgehead atoms. The number of carbonyl (C=O) groups is 2. The Hall–Kier alpha value is -2.24. The maximum Gasteiger partial charge on any atom is 0.308 e. The Kier molecular flexibility index (Phi) is 7.27. The van der Waals surface area contributed by atoms with Gasteiger partial charge in [0.1, 0.15) is 0 Å². The summed E-state index contributed by atoms with van der Waals surface area (Å²) in [4.78, 5) is 23.8. The summed E-state index contributed by atoms with van der Waals surface area (Å²) < 4.78 is 11.2. The molecule has 6 heteroatoms. The predicted molar refractivity (Wildman–Crippen MR) is 96.2 cm³/mol. The maximum atomic E-state index is 12.7. The number of benzene rings is 1. The van der Waals surface area contributed by atoms with E-state index in [9.17, 15) is 9.59 Å². The lowest BCUT2D eigenvalue weighted by atomic mass is 9.83. The first-order valence-corrected chi connectivity index (χ1v) is 8.59. The van der Waals surface area contributed by atoms with E-state index in [0.717, 1.165) is 5.56 Å². The third-order valence-electron chi connectivity index (χ3n) is 4.33. The fourth-order valence-corrected chi connectivity index (χ4v) is 2.30. The van der Waals surface area contributed by atoms with Gasteiger partial charge in [0.25, 0.3) is 0 Å². The van der Waals surface area contributed by atoms with Crippen LogP contribution in [0, 0.1) is 5.92 Å². The Bertz CT molecular complexity index is 612. The third-order valence-corrected chi connectivity index (χ3v) is 4.33. The molecule has 0 spiro atoms. The molecule has 1 aromatic carbocycles. The molecule has 1 amide bonds. The van der Waals surface area contributed by atoms with Crippen molar-refractivity contribution < 1.29 is 24.2 Å². The van der Waals surface area contributed by atoms with Gasteiger partial charge in [-0.1, -0.05) is 6.07 Å².